The predicted molar refractivity (Wildman–Crippen MR) is 58.8 cm³/mol. The maximum absolute atomic E-state index is 12.1. The highest BCUT2D eigenvalue weighted by Gasteiger charge is 2.28. The van der Waals surface area contributed by atoms with Gasteiger partial charge in [0.05, 0.1) is 0 Å². The summed E-state index contributed by atoms with van der Waals surface area (Å²) in [6, 6.07) is 4.04. The third-order valence-electron chi connectivity index (χ3n) is 2.91. The first-order chi connectivity index (χ1) is 7.33. The van der Waals surface area contributed by atoms with Gasteiger partial charge in [-0.1, -0.05) is 0 Å². The molecule has 1 aromatic rings. The van der Waals surface area contributed by atoms with Crippen molar-refractivity contribution < 1.29 is 4.79 Å². The zero-order valence-corrected chi connectivity index (χ0v) is 8.99. The fourth-order valence-electron chi connectivity index (χ4n) is 2.17. The van der Waals surface area contributed by atoms with Gasteiger partial charge < -0.3 is 15.2 Å². The van der Waals surface area contributed by atoms with Crippen LogP contribution in [-0.2, 0) is 0 Å². The number of hydrogen-bond acceptors (Lipinski definition) is 2. The second-order valence-corrected chi connectivity index (χ2v) is 3.94. The van der Waals surface area contributed by atoms with Crippen molar-refractivity contribution >= 4 is 5.91 Å². The van der Waals surface area contributed by atoms with E-state index in [0.717, 1.165) is 25.9 Å². The predicted octanol–water partition coefficient (Wildman–Crippen LogP) is 0.839. The normalized spacial score (nSPS) is 20.9. The number of likely N-dealkylation sites (N-methyl/N-ethyl adjacent to an activating group) is 1. The molecule has 1 unspecified atom stereocenters. The van der Waals surface area contributed by atoms with Crippen molar-refractivity contribution in [2.24, 2.45) is 0 Å². The van der Waals surface area contributed by atoms with E-state index in [2.05, 4.69) is 10.3 Å². The second kappa shape index (κ2) is 4.49. The summed E-state index contributed by atoms with van der Waals surface area (Å²) >= 11 is 0. The number of carbonyl (C=O) groups is 1. The molecule has 1 atom stereocenters. The van der Waals surface area contributed by atoms with Crippen LogP contribution < -0.4 is 5.32 Å². The third-order valence-corrected chi connectivity index (χ3v) is 2.91. The first-order valence-electron chi connectivity index (χ1n) is 5.42. The third kappa shape index (κ3) is 2.04. The molecule has 1 amide bonds. The lowest BCUT2D eigenvalue weighted by Crippen LogP contribution is -2.40. The van der Waals surface area contributed by atoms with Crippen molar-refractivity contribution in [1.29, 1.82) is 0 Å². The lowest BCUT2D eigenvalue weighted by Gasteiger charge is -2.23. The number of amides is 1. The van der Waals surface area contributed by atoms with E-state index >= 15 is 0 Å². The van der Waals surface area contributed by atoms with Crippen LogP contribution in [0.1, 0.15) is 23.3 Å². The van der Waals surface area contributed by atoms with E-state index < -0.39 is 0 Å². The number of likely N-dealkylation sites (tertiary alicyclic amines) is 1. The van der Waals surface area contributed by atoms with Gasteiger partial charge in [-0.2, -0.15) is 0 Å². The van der Waals surface area contributed by atoms with Gasteiger partial charge in [-0.25, -0.2) is 0 Å². The van der Waals surface area contributed by atoms with Crippen LogP contribution in [0, 0.1) is 0 Å². The molecule has 4 nitrogen and oxygen atoms in total. The van der Waals surface area contributed by atoms with E-state index in [9.17, 15) is 4.79 Å². The van der Waals surface area contributed by atoms with Crippen LogP contribution >= 0.6 is 0 Å². The standard InChI is InChI=1S/C11H17N3O/c1-12-8-9-4-3-7-14(9)11(15)10-5-2-6-13-10/h2,5-6,9,12-13H,3-4,7-8H2,1H3. The van der Waals surface area contributed by atoms with Crippen LogP contribution in [0.15, 0.2) is 18.3 Å². The lowest BCUT2D eigenvalue weighted by molar-refractivity contribution is 0.0732. The fourth-order valence-corrected chi connectivity index (χ4v) is 2.17. The molecule has 82 valence electrons. The van der Waals surface area contributed by atoms with Gasteiger partial charge in [-0.05, 0) is 32.0 Å². The smallest absolute Gasteiger partial charge is 0.270 e. The Balaban J connectivity index is 2.06. The molecule has 0 radical (unpaired) electrons. The van der Waals surface area contributed by atoms with Gasteiger partial charge in [0.1, 0.15) is 5.69 Å². The molecule has 1 saturated heterocycles. The fraction of sp³-hybridized carbons (Fsp3) is 0.545. The van der Waals surface area contributed by atoms with E-state index in [1.807, 2.05) is 24.1 Å². The van der Waals surface area contributed by atoms with E-state index in [1.165, 1.54) is 0 Å². The van der Waals surface area contributed by atoms with E-state index in [-0.39, 0.29) is 5.91 Å². The van der Waals surface area contributed by atoms with Crippen molar-refractivity contribution in [2.75, 3.05) is 20.1 Å². The first-order valence-corrected chi connectivity index (χ1v) is 5.42. The van der Waals surface area contributed by atoms with Gasteiger partial charge in [-0.3, -0.25) is 4.79 Å². The molecule has 15 heavy (non-hydrogen) atoms. The van der Waals surface area contributed by atoms with Crippen LogP contribution in [0.25, 0.3) is 0 Å². The van der Waals surface area contributed by atoms with E-state index in [1.54, 1.807) is 6.20 Å². The van der Waals surface area contributed by atoms with Gasteiger partial charge in [-0.15, -0.1) is 0 Å². The molecule has 2 rings (SSSR count). The zero-order valence-electron chi connectivity index (χ0n) is 8.99. The minimum atomic E-state index is 0.123. The maximum atomic E-state index is 12.1. The molecule has 0 saturated carbocycles. The van der Waals surface area contributed by atoms with Gasteiger partial charge in [0.25, 0.3) is 5.91 Å². The molecule has 0 aromatic carbocycles. The SMILES string of the molecule is CNCC1CCCN1C(=O)c1ccc[nH]1. The number of nitrogens with one attached hydrogen (secondary N) is 2. The van der Waals surface area contributed by atoms with Crippen molar-refractivity contribution in [3.63, 3.8) is 0 Å². The summed E-state index contributed by atoms with van der Waals surface area (Å²) in [4.78, 5) is 17.0. The number of hydrogen-bond donors (Lipinski definition) is 2. The topological polar surface area (TPSA) is 48.1 Å². The summed E-state index contributed by atoms with van der Waals surface area (Å²) < 4.78 is 0. The molecule has 1 aliphatic heterocycles. The van der Waals surface area contributed by atoms with E-state index in [0.29, 0.717) is 11.7 Å². The van der Waals surface area contributed by atoms with Crippen LogP contribution in [-0.4, -0.2) is 42.0 Å². The number of H-pyrrole nitrogens is 1. The summed E-state index contributed by atoms with van der Waals surface area (Å²) in [7, 11) is 1.93. The number of carbonyl (C=O) groups excluding carboxylic acids is 1. The average Bonchev–Trinajstić information content (AvgIpc) is 2.87. The summed E-state index contributed by atoms with van der Waals surface area (Å²) in [5.41, 5.74) is 0.693. The first kappa shape index (κ1) is 10.2. The molecule has 1 aromatic heterocycles. The molecule has 1 aliphatic rings. The molecule has 0 bridgehead atoms. The Morgan fingerprint density at radius 3 is 3.27 bits per heavy atom. The Morgan fingerprint density at radius 1 is 1.73 bits per heavy atom. The molecular weight excluding hydrogens is 190 g/mol. The Morgan fingerprint density at radius 2 is 2.60 bits per heavy atom. The van der Waals surface area contributed by atoms with E-state index in [4.69, 9.17) is 0 Å². The maximum Gasteiger partial charge on any atom is 0.270 e. The minimum absolute atomic E-state index is 0.123. The Kier molecular flexibility index (Phi) is 3.06. The molecule has 2 N–H and O–H groups in total. The highest BCUT2D eigenvalue weighted by Crippen LogP contribution is 2.18. The summed E-state index contributed by atoms with van der Waals surface area (Å²) in [6.07, 6.45) is 4.00. The van der Waals surface area contributed by atoms with Gasteiger partial charge in [0.15, 0.2) is 0 Å². The second-order valence-electron chi connectivity index (χ2n) is 3.94. The molecule has 2 heterocycles. The van der Waals surface area contributed by atoms with Crippen LogP contribution in [0.2, 0.25) is 0 Å². The molecule has 4 heteroatoms. The molecule has 1 fully saturated rings. The van der Waals surface area contributed by atoms with Crippen LogP contribution in [0.4, 0.5) is 0 Å². The largest absolute Gasteiger partial charge is 0.357 e. The van der Waals surface area contributed by atoms with Crippen molar-refractivity contribution in [2.45, 2.75) is 18.9 Å². The van der Waals surface area contributed by atoms with Crippen molar-refractivity contribution in [3.8, 4) is 0 Å². The summed E-state index contributed by atoms with van der Waals surface area (Å²) in [6.45, 7) is 1.76. The Bertz CT molecular complexity index is 321. The number of nitrogens with zero attached hydrogens (tertiary/aromatic N) is 1. The average molecular weight is 207 g/mol. The zero-order chi connectivity index (χ0) is 10.7. The lowest BCUT2D eigenvalue weighted by atomic mass is 10.2. The molecular formula is C11H17N3O. The Labute approximate surface area is 89.7 Å². The minimum Gasteiger partial charge on any atom is -0.357 e. The van der Waals surface area contributed by atoms with Gasteiger partial charge >= 0.3 is 0 Å². The monoisotopic (exact) mass is 207 g/mol. The highest BCUT2D eigenvalue weighted by atomic mass is 16.2. The Hall–Kier alpha value is -1.29. The highest BCUT2D eigenvalue weighted by molar-refractivity contribution is 5.92. The summed E-state index contributed by atoms with van der Waals surface area (Å²) in [5.74, 6) is 0.123. The van der Waals surface area contributed by atoms with Gasteiger partial charge in [0.2, 0.25) is 0 Å². The van der Waals surface area contributed by atoms with Crippen LogP contribution in [0.3, 0.4) is 0 Å². The number of rotatable bonds is 3. The molecule has 0 aliphatic carbocycles. The number of aromatic nitrogens is 1. The van der Waals surface area contributed by atoms with Gasteiger partial charge in [0, 0.05) is 25.3 Å². The van der Waals surface area contributed by atoms with Crippen LogP contribution in [0.5, 0.6) is 0 Å². The number of aromatic amines is 1. The summed E-state index contributed by atoms with van der Waals surface area (Å²) in [5, 5.41) is 3.14. The van der Waals surface area contributed by atoms with Crippen molar-refractivity contribution in [3.05, 3.63) is 24.0 Å². The van der Waals surface area contributed by atoms with Crippen molar-refractivity contribution in [1.82, 2.24) is 15.2 Å². The quantitative estimate of drug-likeness (QED) is 0.771. The molecule has 0 spiro atoms.